The van der Waals surface area contributed by atoms with Gasteiger partial charge in [-0.25, -0.2) is 4.39 Å². The van der Waals surface area contributed by atoms with E-state index in [0.717, 1.165) is 44.9 Å². The van der Waals surface area contributed by atoms with E-state index in [1.54, 1.807) is 12.1 Å². The smallest absolute Gasteiger partial charge is 0.138 e. The molecule has 1 aromatic carbocycles. The topological polar surface area (TPSA) is 17.1 Å². The van der Waals surface area contributed by atoms with Crippen molar-refractivity contribution < 1.29 is 9.18 Å². The van der Waals surface area contributed by atoms with E-state index in [1.807, 2.05) is 6.07 Å². The SMILES string of the molecule is CC1(CCC2CCCc3cc(F)ccc32)CCCC1=O. The fourth-order valence-corrected chi connectivity index (χ4v) is 4.02. The van der Waals surface area contributed by atoms with E-state index in [0.29, 0.717) is 11.7 Å². The summed E-state index contributed by atoms with van der Waals surface area (Å²) in [5.41, 5.74) is 2.42. The summed E-state index contributed by atoms with van der Waals surface area (Å²) in [5, 5.41) is 0. The second-order valence-electron chi connectivity index (χ2n) is 6.81. The molecule has 20 heavy (non-hydrogen) atoms. The third kappa shape index (κ3) is 2.53. The summed E-state index contributed by atoms with van der Waals surface area (Å²) in [5.74, 6) is 0.847. The molecule has 0 aliphatic heterocycles. The Morgan fingerprint density at radius 3 is 2.90 bits per heavy atom. The Kier molecular flexibility index (Phi) is 3.66. The van der Waals surface area contributed by atoms with Crippen molar-refractivity contribution in [2.24, 2.45) is 5.41 Å². The highest BCUT2D eigenvalue weighted by atomic mass is 19.1. The Morgan fingerprint density at radius 2 is 2.15 bits per heavy atom. The third-order valence-corrected chi connectivity index (χ3v) is 5.39. The van der Waals surface area contributed by atoms with E-state index in [-0.39, 0.29) is 11.2 Å². The molecule has 0 spiro atoms. The molecule has 2 unspecified atom stereocenters. The molecule has 2 aliphatic carbocycles. The summed E-state index contributed by atoms with van der Waals surface area (Å²) < 4.78 is 13.3. The van der Waals surface area contributed by atoms with Crippen LogP contribution in [0.4, 0.5) is 4.39 Å². The van der Waals surface area contributed by atoms with E-state index in [1.165, 1.54) is 17.5 Å². The maximum absolute atomic E-state index is 13.3. The van der Waals surface area contributed by atoms with Gasteiger partial charge in [0.2, 0.25) is 0 Å². The zero-order valence-electron chi connectivity index (χ0n) is 12.3. The van der Waals surface area contributed by atoms with E-state index >= 15 is 0 Å². The molecule has 0 amide bonds. The molecule has 0 saturated heterocycles. The molecule has 0 bridgehead atoms. The second kappa shape index (κ2) is 5.31. The number of hydrogen-bond donors (Lipinski definition) is 0. The lowest BCUT2D eigenvalue weighted by Gasteiger charge is -2.29. The van der Waals surface area contributed by atoms with E-state index < -0.39 is 0 Å². The molecule has 1 nitrogen and oxygen atoms in total. The number of rotatable bonds is 3. The van der Waals surface area contributed by atoms with Crippen LogP contribution in [0, 0.1) is 11.2 Å². The van der Waals surface area contributed by atoms with Crippen LogP contribution in [-0.2, 0) is 11.2 Å². The van der Waals surface area contributed by atoms with Crippen molar-refractivity contribution in [3.63, 3.8) is 0 Å². The van der Waals surface area contributed by atoms with Crippen LogP contribution in [0.15, 0.2) is 18.2 Å². The van der Waals surface area contributed by atoms with Crippen molar-refractivity contribution in [1.82, 2.24) is 0 Å². The van der Waals surface area contributed by atoms with Crippen molar-refractivity contribution in [2.45, 2.75) is 64.2 Å². The van der Waals surface area contributed by atoms with Crippen LogP contribution in [0.3, 0.4) is 0 Å². The lowest BCUT2D eigenvalue weighted by Crippen LogP contribution is -2.23. The van der Waals surface area contributed by atoms with Crippen molar-refractivity contribution in [1.29, 1.82) is 0 Å². The molecule has 108 valence electrons. The number of aryl methyl sites for hydroxylation is 1. The summed E-state index contributed by atoms with van der Waals surface area (Å²) >= 11 is 0. The Morgan fingerprint density at radius 1 is 1.30 bits per heavy atom. The normalized spacial score (nSPS) is 29.5. The number of carbonyl (C=O) groups is 1. The van der Waals surface area contributed by atoms with Gasteiger partial charge in [0.05, 0.1) is 0 Å². The first kappa shape index (κ1) is 13.8. The molecule has 2 atom stereocenters. The summed E-state index contributed by atoms with van der Waals surface area (Å²) in [7, 11) is 0. The molecule has 0 aromatic heterocycles. The molecular weight excluding hydrogens is 251 g/mol. The van der Waals surface area contributed by atoms with Crippen LogP contribution in [0.5, 0.6) is 0 Å². The van der Waals surface area contributed by atoms with Gasteiger partial charge in [-0.15, -0.1) is 0 Å². The maximum Gasteiger partial charge on any atom is 0.138 e. The highest BCUT2D eigenvalue weighted by molar-refractivity contribution is 5.86. The first-order chi connectivity index (χ1) is 9.58. The number of halogens is 1. The Hall–Kier alpha value is -1.18. The van der Waals surface area contributed by atoms with Gasteiger partial charge in [0.15, 0.2) is 0 Å². The number of fused-ring (bicyclic) bond motifs is 1. The molecule has 2 heteroatoms. The Balaban J connectivity index is 1.72. The molecule has 0 heterocycles. The molecule has 1 fully saturated rings. The van der Waals surface area contributed by atoms with Gasteiger partial charge in [-0.3, -0.25) is 4.79 Å². The number of Topliss-reactive ketones (excluding diaryl/α,β-unsaturated/α-hetero) is 1. The Labute approximate surface area is 120 Å². The minimum absolute atomic E-state index is 0.0857. The summed E-state index contributed by atoms with van der Waals surface area (Å²) in [6.45, 7) is 2.14. The zero-order valence-corrected chi connectivity index (χ0v) is 12.3. The number of benzene rings is 1. The molecule has 0 N–H and O–H groups in total. The predicted molar refractivity (Wildman–Crippen MR) is 78.3 cm³/mol. The van der Waals surface area contributed by atoms with E-state index in [9.17, 15) is 9.18 Å². The average molecular weight is 274 g/mol. The quantitative estimate of drug-likeness (QED) is 0.775. The predicted octanol–water partition coefficient (Wildman–Crippen LogP) is 4.79. The number of hydrogen-bond acceptors (Lipinski definition) is 1. The lowest BCUT2D eigenvalue weighted by atomic mass is 9.75. The zero-order chi connectivity index (χ0) is 14.2. The molecule has 3 rings (SSSR count). The molecule has 1 saturated carbocycles. The van der Waals surface area contributed by atoms with Gasteiger partial charge >= 0.3 is 0 Å². The van der Waals surface area contributed by atoms with Crippen LogP contribution in [0.25, 0.3) is 0 Å². The minimum atomic E-state index is -0.123. The number of carbonyl (C=O) groups excluding carboxylic acids is 1. The maximum atomic E-state index is 13.3. The average Bonchev–Trinajstić information content (AvgIpc) is 2.76. The fourth-order valence-electron chi connectivity index (χ4n) is 4.02. The number of ketones is 1. The minimum Gasteiger partial charge on any atom is -0.299 e. The monoisotopic (exact) mass is 274 g/mol. The molecule has 1 aromatic rings. The van der Waals surface area contributed by atoms with Crippen molar-refractivity contribution >= 4 is 5.78 Å². The standard InChI is InChI=1S/C18H23FO/c1-18(10-3-6-17(18)20)11-9-13-4-2-5-14-12-15(19)7-8-16(13)14/h7-8,12-13H,2-6,9-11H2,1H3. The highest BCUT2D eigenvalue weighted by Gasteiger charge is 2.37. The van der Waals surface area contributed by atoms with Crippen LogP contribution < -0.4 is 0 Å². The van der Waals surface area contributed by atoms with Gasteiger partial charge in [-0.1, -0.05) is 13.0 Å². The molecular formula is C18H23FO. The van der Waals surface area contributed by atoms with Gasteiger partial charge in [0.25, 0.3) is 0 Å². The summed E-state index contributed by atoms with van der Waals surface area (Å²) in [4.78, 5) is 12.0. The van der Waals surface area contributed by atoms with Gasteiger partial charge in [0.1, 0.15) is 11.6 Å². The fraction of sp³-hybridized carbons (Fsp3) is 0.611. The lowest BCUT2D eigenvalue weighted by molar-refractivity contribution is -0.125. The molecule has 2 aliphatic rings. The van der Waals surface area contributed by atoms with Crippen molar-refractivity contribution in [3.8, 4) is 0 Å². The summed E-state index contributed by atoms with van der Waals surface area (Å²) in [6.07, 6.45) is 8.27. The third-order valence-electron chi connectivity index (χ3n) is 5.39. The van der Waals surface area contributed by atoms with E-state index in [4.69, 9.17) is 0 Å². The van der Waals surface area contributed by atoms with Gasteiger partial charge in [0, 0.05) is 11.8 Å². The van der Waals surface area contributed by atoms with Gasteiger partial charge < -0.3 is 0 Å². The first-order valence-corrected chi connectivity index (χ1v) is 7.90. The molecule has 0 radical (unpaired) electrons. The van der Waals surface area contributed by atoms with Crippen LogP contribution in [0.1, 0.15) is 68.9 Å². The van der Waals surface area contributed by atoms with Gasteiger partial charge in [-0.05, 0) is 74.1 Å². The second-order valence-corrected chi connectivity index (χ2v) is 6.81. The van der Waals surface area contributed by atoms with Crippen molar-refractivity contribution in [2.75, 3.05) is 0 Å². The van der Waals surface area contributed by atoms with Crippen molar-refractivity contribution in [3.05, 3.63) is 35.1 Å². The summed E-state index contributed by atoms with van der Waals surface area (Å²) in [6, 6.07) is 5.25. The van der Waals surface area contributed by atoms with Crippen LogP contribution >= 0.6 is 0 Å². The Bertz CT molecular complexity index is 522. The first-order valence-electron chi connectivity index (χ1n) is 7.90. The van der Waals surface area contributed by atoms with Crippen LogP contribution in [-0.4, -0.2) is 5.78 Å². The highest BCUT2D eigenvalue weighted by Crippen LogP contribution is 2.43. The largest absolute Gasteiger partial charge is 0.299 e. The van der Waals surface area contributed by atoms with Gasteiger partial charge in [-0.2, -0.15) is 0 Å². The van der Waals surface area contributed by atoms with E-state index in [2.05, 4.69) is 6.92 Å². The van der Waals surface area contributed by atoms with Crippen LogP contribution in [0.2, 0.25) is 0 Å².